The van der Waals surface area contributed by atoms with Gasteiger partial charge in [0.1, 0.15) is 6.10 Å². The van der Waals surface area contributed by atoms with Crippen LogP contribution in [0.15, 0.2) is 47.3 Å². The monoisotopic (exact) mass is 402 g/mol. The van der Waals surface area contributed by atoms with Crippen LogP contribution >= 0.6 is 0 Å². The quantitative estimate of drug-likeness (QED) is 0.571. The van der Waals surface area contributed by atoms with E-state index in [0.717, 1.165) is 0 Å². The van der Waals surface area contributed by atoms with Gasteiger partial charge >= 0.3 is 11.9 Å². The molecule has 0 amide bonds. The lowest BCUT2D eigenvalue weighted by Crippen LogP contribution is -2.37. The summed E-state index contributed by atoms with van der Waals surface area (Å²) in [5.41, 5.74) is 1.08. The number of aliphatic hydroxyl groups is 1. The number of Topliss-reactive ketones (excluding diaryl/α,β-unsaturated/α-hetero) is 2. The first-order chi connectivity index (χ1) is 13.5. The molecule has 7 nitrogen and oxygen atoms in total. The summed E-state index contributed by atoms with van der Waals surface area (Å²) in [6.07, 6.45) is -0.0612. The minimum Gasteiger partial charge on any atom is -0.504 e. The van der Waals surface area contributed by atoms with Crippen molar-refractivity contribution in [2.45, 2.75) is 52.7 Å². The fourth-order valence-corrected chi connectivity index (χ4v) is 3.63. The van der Waals surface area contributed by atoms with E-state index < -0.39 is 53.3 Å². The van der Waals surface area contributed by atoms with Gasteiger partial charge < -0.3 is 14.6 Å². The molecule has 0 aromatic rings. The van der Waals surface area contributed by atoms with E-state index >= 15 is 0 Å². The third kappa shape index (κ3) is 4.55. The summed E-state index contributed by atoms with van der Waals surface area (Å²) in [6.45, 7) is 13.4. The Balaban J connectivity index is 2.64. The van der Waals surface area contributed by atoms with Crippen molar-refractivity contribution in [2.24, 2.45) is 11.8 Å². The van der Waals surface area contributed by atoms with Crippen molar-refractivity contribution in [3.63, 3.8) is 0 Å². The summed E-state index contributed by atoms with van der Waals surface area (Å²) in [7, 11) is 0. The zero-order chi connectivity index (χ0) is 22.0. The number of ether oxygens (including phenoxy) is 2. The molecule has 0 fully saturated rings. The van der Waals surface area contributed by atoms with Crippen molar-refractivity contribution in [3.05, 3.63) is 47.3 Å². The highest BCUT2D eigenvalue weighted by Crippen LogP contribution is 2.34. The van der Waals surface area contributed by atoms with Crippen molar-refractivity contribution >= 4 is 23.5 Å². The molecule has 0 saturated carbocycles. The van der Waals surface area contributed by atoms with Crippen LogP contribution in [0.5, 0.6) is 0 Å². The summed E-state index contributed by atoms with van der Waals surface area (Å²) in [5.74, 6) is -5.11. The van der Waals surface area contributed by atoms with Crippen LogP contribution < -0.4 is 0 Å². The fraction of sp³-hybridized carbons (Fsp3) is 0.455. The second kappa shape index (κ2) is 8.59. The number of hydrogen-bond donors (Lipinski definition) is 1. The second-order valence-electron chi connectivity index (χ2n) is 7.61. The zero-order valence-corrected chi connectivity index (χ0v) is 17.1. The third-order valence-electron chi connectivity index (χ3n) is 5.25. The molecule has 0 saturated heterocycles. The Morgan fingerprint density at radius 1 is 1.14 bits per heavy atom. The SMILES string of the molecule is C=C(C)[C@H]1C(=O)/C(O)=C(/C)C(=O)[C@@H](OC(C)=O)[C@H](C(=C)C)CCC2=C[C@H]1OC2=O. The van der Waals surface area contributed by atoms with Gasteiger partial charge in [0.2, 0.25) is 11.6 Å². The molecule has 1 aliphatic heterocycles. The average Bonchev–Trinajstić information content (AvgIpc) is 2.97. The molecule has 2 bridgehead atoms. The Labute approximate surface area is 169 Å². The first kappa shape index (κ1) is 22.3. The lowest BCUT2D eigenvalue weighted by Gasteiger charge is -2.27. The largest absolute Gasteiger partial charge is 0.504 e. The molecule has 29 heavy (non-hydrogen) atoms. The minimum atomic E-state index is -1.27. The molecule has 0 aromatic heterocycles. The number of carbonyl (C=O) groups is 4. The van der Waals surface area contributed by atoms with Crippen molar-refractivity contribution in [1.82, 2.24) is 0 Å². The van der Waals surface area contributed by atoms with E-state index in [9.17, 15) is 24.3 Å². The third-order valence-corrected chi connectivity index (χ3v) is 5.25. The van der Waals surface area contributed by atoms with Crippen LogP contribution in [0.3, 0.4) is 0 Å². The highest BCUT2D eigenvalue weighted by Gasteiger charge is 2.41. The van der Waals surface area contributed by atoms with Gasteiger partial charge in [-0.15, -0.1) is 0 Å². The van der Waals surface area contributed by atoms with Crippen molar-refractivity contribution < 1.29 is 33.8 Å². The Kier molecular flexibility index (Phi) is 6.62. The van der Waals surface area contributed by atoms with E-state index in [2.05, 4.69) is 13.2 Å². The molecule has 4 atom stereocenters. The number of allylic oxidation sites excluding steroid dienone is 1. The van der Waals surface area contributed by atoms with Crippen LogP contribution in [-0.4, -0.2) is 40.8 Å². The van der Waals surface area contributed by atoms with Crippen LogP contribution in [0.2, 0.25) is 0 Å². The van der Waals surface area contributed by atoms with E-state index in [1.54, 1.807) is 19.9 Å². The van der Waals surface area contributed by atoms with Crippen LogP contribution in [0.4, 0.5) is 0 Å². The Morgan fingerprint density at radius 3 is 2.28 bits per heavy atom. The van der Waals surface area contributed by atoms with Crippen LogP contribution in [0.1, 0.15) is 40.5 Å². The fourth-order valence-electron chi connectivity index (χ4n) is 3.63. The normalized spacial score (nSPS) is 30.6. The van der Waals surface area contributed by atoms with Gasteiger partial charge in [0, 0.05) is 24.0 Å². The van der Waals surface area contributed by atoms with Gasteiger partial charge in [0.05, 0.1) is 5.92 Å². The van der Waals surface area contributed by atoms with E-state index in [0.29, 0.717) is 23.1 Å². The second-order valence-corrected chi connectivity index (χ2v) is 7.61. The predicted molar refractivity (Wildman–Crippen MR) is 105 cm³/mol. The lowest BCUT2D eigenvalue weighted by molar-refractivity contribution is -0.154. The summed E-state index contributed by atoms with van der Waals surface area (Å²) in [5, 5.41) is 10.5. The molecule has 0 unspecified atom stereocenters. The number of hydrogen-bond acceptors (Lipinski definition) is 7. The highest BCUT2D eigenvalue weighted by molar-refractivity contribution is 6.08. The van der Waals surface area contributed by atoms with E-state index in [-0.39, 0.29) is 12.0 Å². The maximum absolute atomic E-state index is 13.1. The molecule has 156 valence electrons. The molecule has 0 spiro atoms. The Hall–Kier alpha value is -2.96. The Morgan fingerprint density at radius 2 is 1.76 bits per heavy atom. The number of rotatable bonds is 3. The molecule has 1 aliphatic carbocycles. The molecule has 0 aromatic carbocycles. The lowest BCUT2D eigenvalue weighted by atomic mass is 9.82. The van der Waals surface area contributed by atoms with Crippen molar-refractivity contribution in [1.29, 1.82) is 0 Å². The van der Waals surface area contributed by atoms with E-state index in [1.165, 1.54) is 13.8 Å². The molecule has 0 radical (unpaired) electrons. The van der Waals surface area contributed by atoms with Gasteiger partial charge in [0.15, 0.2) is 11.9 Å². The van der Waals surface area contributed by atoms with Gasteiger partial charge in [-0.2, -0.15) is 0 Å². The van der Waals surface area contributed by atoms with Crippen molar-refractivity contribution in [3.8, 4) is 0 Å². The van der Waals surface area contributed by atoms with Crippen LogP contribution in [0, 0.1) is 11.8 Å². The standard InChI is InChI=1S/C22H26O7/c1-10(2)15-8-7-14-9-16(29-22(14)27)17(11(3)4)20(26)18(24)12(5)19(25)21(15)28-13(6)23/h9,15-17,21,24H,1,3,7-8H2,2,4-6H3/b18-12+/t15-,16+,17+,21-/m0/s1. The first-order valence-electron chi connectivity index (χ1n) is 9.33. The summed E-state index contributed by atoms with van der Waals surface area (Å²) in [6, 6.07) is 0. The molecule has 7 heteroatoms. The smallest absolute Gasteiger partial charge is 0.334 e. The first-order valence-corrected chi connectivity index (χ1v) is 9.33. The maximum Gasteiger partial charge on any atom is 0.334 e. The van der Waals surface area contributed by atoms with Crippen LogP contribution in [-0.2, 0) is 28.7 Å². The summed E-state index contributed by atoms with van der Waals surface area (Å²) >= 11 is 0. The number of aliphatic hydroxyl groups excluding tert-OH is 1. The van der Waals surface area contributed by atoms with Crippen molar-refractivity contribution in [2.75, 3.05) is 0 Å². The van der Waals surface area contributed by atoms with Gasteiger partial charge in [-0.3, -0.25) is 14.4 Å². The molecular weight excluding hydrogens is 376 g/mol. The number of ketones is 2. The van der Waals surface area contributed by atoms with E-state index in [1.807, 2.05) is 0 Å². The maximum atomic E-state index is 13.1. The number of esters is 2. The Bertz CT molecular complexity index is 858. The molecule has 1 heterocycles. The van der Waals surface area contributed by atoms with Gasteiger partial charge in [-0.25, -0.2) is 4.79 Å². The molecule has 1 N–H and O–H groups in total. The van der Waals surface area contributed by atoms with Crippen LogP contribution in [0.25, 0.3) is 0 Å². The van der Waals surface area contributed by atoms with E-state index in [4.69, 9.17) is 9.47 Å². The molecular formula is C22H26O7. The highest BCUT2D eigenvalue weighted by atomic mass is 16.6. The molecule has 2 rings (SSSR count). The average molecular weight is 402 g/mol. The van der Waals surface area contributed by atoms with Gasteiger partial charge in [0.25, 0.3) is 0 Å². The van der Waals surface area contributed by atoms with Gasteiger partial charge in [-0.05, 0) is 39.7 Å². The molecule has 2 aliphatic rings. The predicted octanol–water partition coefficient (Wildman–Crippen LogP) is 2.92. The number of fused-ring (bicyclic) bond motifs is 1. The minimum absolute atomic E-state index is 0.229. The summed E-state index contributed by atoms with van der Waals surface area (Å²) < 4.78 is 10.6. The summed E-state index contributed by atoms with van der Waals surface area (Å²) in [4.78, 5) is 49.9. The number of carbonyl (C=O) groups excluding carboxylic acids is 4. The van der Waals surface area contributed by atoms with Gasteiger partial charge in [-0.1, -0.05) is 24.3 Å². The topological polar surface area (TPSA) is 107 Å². The zero-order valence-electron chi connectivity index (χ0n) is 17.1.